The molecule has 1 saturated carbocycles. The number of nitrogen functional groups attached to an aromatic ring is 1. The molecule has 1 aliphatic carbocycles. The molecule has 1 fully saturated rings. The van der Waals surface area contributed by atoms with Gasteiger partial charge in [-0.1, -0.05) is 6.07 Å². The fraction of sp³-hybridized carbons (Fsp3) is 0.417. The molecule has 0 unspecified atom stereocenters. The average molecular weight is 220 g/mol. The minimum atomic E-state index is -0.257. The smallest absolute Gasteiger partial charge is 0.251 e. The van der Waals surface area contributed by atoms with E-state index in [-0.39, 0.29) is 18.1 Å². The number of aliphatic hydroxyl groups excluding tert-OH is 1. The van der Waals surface area contributed by atoms with Crippen molar-refractivity contribution in [2.75, 3.05) is 5.73 Å². The topological polar surface area (TPSA) is 75.4 Å². The maximum absolute atomic E-state index is 11.9. The van der Waals surface area contributed by atoms with Crippen molar-refractivity contribution in [3.63, 3.8) is 0 Å². The first-order chi connectivity index (χ1) is 7.56. The summed E-state index contributed by atoms with van der Waals surface area (Å²) < 4.78 is 0. The number of nitrogens with two attached hydrogens (primary N) is 1. The van der Waals surface area contributed by atoms with E-state index < -0.39 is 0 Å². The number of hydrogen-bond donors (Lipinski definition) is 3. The summed E-state index contributed by atoms with van der Waals surface area (Å²) >= 11 is 0. The van der Waals surface area contributed by atoms with Crippen LogP contribution >= 0.6 is 0 Å². The molecule has 0 spiro atoms. The first-order valence-corrected chi connectivity index (χ1v) is 5.41. The molecule has 86 valence electrons. The second-order valence-electron chi connectivity index (χ2n) is 4.37. The Morgan fingerprint density at radius 2 is 2.19 bits per heavy atom. The zero-order valence-corrected chi connectivity index (χ0v) is 9.23. The number of amides is 1. The highest BCUT2D eigenvalue weighted by atomic mass is 16.3. The van der Waals surface area contributed by atoms with Crippen LogP contribution in [0.4, 0.5) is 5.69 Å². The van der Waals surface area contributed by atoms with E-state index in [9.17, 15) is 4.79 Å². The second-order valence-corrected chi connectivity index (χ2v) is 4.37. The number of aliphatic hydroxyl groups is 1. The van der Waals surface area contributed by atoms with Crippen LogP contribution in [0, 0.1) is 6.92 Å². The van der Waals surface area contributed by atoms with Gasteiger partial charge in [0.1, 0.15) is 0 Å². The third-order valence-corrected chi connectivity index (χ3v) is 2.95. The van der Waals surface area contributed by atoms with Crippen LogP contribution in [-0.2, 0) is 0 Å². The van der Waals surface area contributed by atoms with Gasteiger partial charge in [0.2, 0.25) is 0 Å². The lowest BCUT2D eigenvalue weighted by Crippen LogP contribution is -2.46. The molecule has 0 radical (unpaired) electrons. The Morgan fingerprint density at radius 1 is 1.50 bits per heavy atom. The van der Waals surface area contributed by atoms with Crippen molar-refractivity contribution in [3.05, 3.63) is 29.3 Å². The van der Waals surface area contributed by atoms with Crippen LogP contribution in [0.25, 0.3) is 0 Å². The summed E-state index contributed by atoms with van der Waals surface area (Å²) in [5, 5.41) is 12.0. The van der Waals surface area contributed by atoms with Crippen molar-refractivity contribution in [1.82, 2.24) is 5.32 Å². The Morgan fingerprint density at radius 3 is 2.81 bits per heavy atom. The predicted molar refractivity (Wildman–Crippen MR) is 62.1 cm³/mol. The highest BCUT2D eigenvalue weighted by Crippen LogP contribution is 2.20. The fourth-order valence-corrected chi connectivity index (χ4v) is 1.85. The molecule has 1 aromatic carbocycles. The van der Waals surface area contributed by atoms with Crippen molar-refractivity contribution >= 4 is 11.6 Å². The van der Waals surface area contributed by atoms with Crippen molar-refractivity contribution < 1.29 is 9.90 Å². The Labute approximate surface area is 94.5 Å². The lowest BCUT2D eigenvalue weighted by atomic mass is 9.89. The van der Waals surface area contributed by atoms with E-state index in [1.54, 1.807) is 12.1 Å². The first-order valence-electron chi connectivity index (χ1n) is 5.41. The molecule has 0 saturated heterocycles. The summed E-state index contributed by atoms with van der Waals surface area (Å²) in [4.78, 5) is 11.9. The third-order valence-electron chi connectivity index (χ3n) is 2.95. The van der Waals surface area contributed by atoms with Crippen molar-refractivity contribution in [2.45, 2.75) is 31.9 Å². The number of aryl methyl sites for hydroxylation is 1. The van der Waals surface area contributed by atoms with Crippen LogP contribution in [0.15, 0.2) is 18.2 Å². The van der Waals surface area contributed by atoms with E-state index >= 15 is 0 Å². The summed E-state index contributed by atoms with van der Waals surface area (Å²) in [6.45, 7) is 1.88. The van der Waals surface area contributed by atoms with Gasteiger partial charge in [0.25, 0.3) is 5.91 Å². The molecular formula is C12H16N2O2. The van der Waals surface area contributed by atoms with Crippen LogP contribution in [0.5, 0.6) is 0 Å². The highest BCUT2D eigenvalue weighted by molar-refractivity contribution is 5.96. The van der Waals surface area contributed by atoms with Gasteiger partial charge in [0.15, 0.2) is 0 Å². The summed E-state index contributed by atoms with van der Waals surface area (Å²) in [5.74, 6) is -0.110. The minimum absolute atomic E-state index is 0.100. The van der Waals surface area contributed by atoms with E-state index in [0.717, 1.165) is 5.56 Å². The van der Waals surface area contributed by atoms with Gasteiger partial charge in [-0.2, -0.15) is 0 Å². The van der Waals surface area contributed by atoms with E-state index in [1.165, 1.54) is 0 Å². The van der Waals surface area contributed by atoms with E-state index in [0.29, 0.717) is 24.1 Å². The molecule has 0 aromatic heterocycles. The van der Waals surface area contributed by atoms with Gasteiger partial charge in [0.05, 0.1) is 6.10 Å². The average Bonchev–Trinajstić information content (AvgIpc) is 2.19. The van der Waals surface area contributed by atoms with Crippen LogP contribution in [0.3, 0.4) is 0 Å². The van der Waals surface area contributed by atoms with Gasteiger partial charge in [-0.05, 0) is 37.5 Å². The molecule has 1 amide bonds. The van der Waals surface area contributed by atoms with E-state index in [2.05, 4.69) is 5.32 Å². The van der Waals surface area contributed by atoms with Gasteiger partial charge < -0.3 is 16.2 Å². The molecule has 0 heterocycles. The fourth-order valence-electron chi connectivity index (χ4n) is 1.85. The molecule has 1 aliphatic rings. The number of anilines is 1. The monoisotopic (exact) mass is 220 g/mol. The van der Waals surface area contributed by atoms with Crippen molar-refractivity contribution in [1.29, 1.82) is 0 Å². The second kappa shape index (κ2) is 4.14. The predicted octanol–water partition coefficient (Wildman–Crippen LogP) is 0.830. The van der Waals surface area contributed by atoms with Gasteiger partial charge in [0, 0.05) is 17.3 Å². The zero-order chi connectivity index (χ0) is 11.7. The molecule has 4 N–H and O–H groups in total. The number of benzene rings is 1. The number of hydrogen-bond acceptors (Lipinski definition) is 3. The van der Waals surface area contributed by atoms with Crippen molar-refractivity contribution in [2.24, 2.45) is 0 Å². The lowest BCUT2D eigenvalue weighted by Gasteiger charge is -2.32. The zero-order valence-electron chi connectivity index (χ0n) is 9.23. The molecule has 16 heavy (non-hydrogen) atoms. The van der Waals surface area contributed by atoms with E-state index in [1.807, 2.05) is 13.0 Å². The lowest BCUT2D eigenvalue weighted by molar-refractivity contribution is 0.0562. The third kappa shape index (κ3) is 2.17. The maximum Gasteiger partial charge on any atom is 0.251 e. The van der Waals surface area contributed by atoms with Crippen LogP contribution in [0.1, 0.15) is 28.8 Å². The molecule has 0 bridgehead atoms. The molecule has 4 heteroatoms. The largest absolute Gasteiger partial charge is 0.399 e. The summed E-state index contributed by atoms with van der Waals surface area (Å²) in [6.07, 6.45) is 1.03. The van der Waals surface area contributed by atoms with Gasteiger partial charge in [-0.25, -0.2) is 0 Å². The maximum atomic E-state index is 11.9. The molecule has 4 nitrogen and oxygen atoms in total. The van der Waals surface area contributed by atoms with Gasteiger partial charge in [-0.3, -0.25) is 4.79 Å². The molecule has 1 aromatic rings. The molecule has 0 aliphatic heterocycles. The SMILES string of the molecule is Cc1ccc(N)cc1C(=O)NC1CC(O)C1. The Hall–Kier alpha value is -1.55. The van der Waals surface area contributed by atoms with Gasteiger partial charge in [-0.15, -0.1) is 0 Å². The minimum Gasteiger partial charge on any atom is -0.399 e. The van der Waals surface area contributed by atoms with Crippen LogP contribution in [0.2, 0.25) is 0 Å². The van der Waals surface area contributed by atoms with Crippen molar-refractivity contribution in [3.8, 4) is 0 Å². The Kier molecular flexibility index (Phi) is 2.83. The van der Waals surface area contributed by atoms with Crippen LogP contribution in [-0.4, -0.2) is 23.2 Å². The molecular weight excluding hydrogens is 204 g/mol. The number of nitrogens with one attached hydrogen (secondary N) is 1. The number of carbonyl (C=O) groups excluding carboxylic acids is 1. The van der Waals surface area contributed by atoms with Crippen LogP contribution < -0.4 is 11.1 Å². The first kappa shape index (κ1) is 11.0. The highest BCUT2D eigenvalue weighted by Gasteiger charge is 2.28. The van der Waals surface area contributed by atoms with E-state index in [4.69, 9.17) is 10.8 Å². The summed E-state index contributed by atoms with van der Waals surface area (Å²) in [7, 11) is 0. The Balaban J connectivity index is 2.05. The molecule has 0 atom stereocenters. The molecule has 2 rings (SSSR count). The number of carbonyl (C=O) groups is 1. The van der Waals surface area contributed by atoms with Gasteiger partial charge >= 0.3 is 0 Å². The summed E-state index contributed by atoms with van der Waals surface area (Å²) in [5.41, 5.74) is 7.75. The normalized spacial score (nSPS) is 23.6. The number of rotatable bonds is 2. The Bertz CT molecular complexity index is 411. The quantitative estimate of drug-likeness (QED) is 0.646. The standard InChI is InChI=1S/C12H16N2O2/c1-7-2-3-8(13)4-11(7)12(16)14-9-5-10(15)6-9/h2-4,9-10,15H,5-6,13H2,1H3,(H,14,16). The summed E-state index contributed by atoms with van der Waals surface area (Å²) in [6, 6.07) is 5.39.